The number of rotatable bonds is 2. The van der Waals surface area contributed by atoms with E-state index in [1.54, 1.807) is 11.3 Å². The SMILES string of the molecule is C.Cc1ccc(-c2csc(N3CCN(C)CC3)n2)cc1. The molecule has 1 aromatic carbocycles. The predicted molar refractivity (Wildman–Crippen MR) is 88.7 cm³/mol. The molecule has 1 aliphatic rings. The molecule has 0 unspecified atom stereocenters. The molecule has 1 aromatic heterocycles. The Hall–Kier alpha value is -1.39. The number of likely N-dealkylation sites (N-methyl/N-ethyl adjacent to an activating group) is 1. The van der Waals surface area contributed by atoms with E-state index in [4.69, 9.17) is 4.98 Å². The maximum atomic E-state index is 4.78. The number of hydrogen-bond donors (Lipinski definition) is 0. The van der Waals surface area contributed by atoms with Gasteiger partial charge in [0.15, 0.2) is 5.13 Å². The van der Waals surface area contributed by atoms with Crippen LogP contribution in [0.3, 0.4) is 0 Å². The number of hydrogen-bond acceptors (Lipinski definition) is 4. The number of benzene rings is 1. The largest absolute Gasteiger partial charge is 0.346 e. The second-order valence-corrected chi connectivity index (χ2v) is 6.01. The Morgan fingerprint density at radius 3 is 2.35 bits per heavy atom. The number of anilines is 1. The van der Waals surface area contributed by atoms with E-state index in [1.165, 1.54) is 11.1 Å². The lowest BCUT2D eigenvalue weighted by atomic mass is 10.1. The molecule has 3 nitrogen and oxygen atoms in total. The molecule has 0 bridgehead atoms. The van der Waals surface area contributed by atoms with Gasteiger partial charge in [-0.25, -0.2) is 4.98 Å². The van der Waals surface area contributed by atoms with Crippen molar-refractivity contribution in [1.29, 1.82) is 0 Å². The molecule has 0 atom stereocenters. The molecule has 0 spiro atoms. The first-order chi connectivity index (χ1) is 9.22. The van der Waals surface area contributed by atoms with Crippen molar-refractivity contribution in [2.45, 2.75) is 14.4 Å². The molecule has 0 aliphatic carbocycles. The Bertz CT molecular complexity index is 539. The summed E-state index contributed by atoms with van der Waals surface area (Å²) in [5.41, 5.74) is 3.60. The fourth-order valence-electron chi connectivity index (χ4n) is 2.26. The summed E-state index contributed by atoms with van der Waals surface area (Å²) in [6.07, 6.45) is 0. The van der Waals surface area contributed by atoms with Crippen molar-refractivity contribution in [2.75, 3.05) is 38.1 Å². The first-order valence-electron chi connectivity index (χ1n) is 6.68. The topological polar surface area (TPSA) is 19.4 Å². The van der Waals surface area contributed by atoms with Crippen LogP contribution in [0, 0.1) is 6.92 Å². The number of piperazine rings is 1. The molecule has 1 aliphatic heterocycles. The van der Waals surface area contributed by atoms with Crippen LogP contribution in [0.2, 0.25) is 0 Å². The zero-order chi connectivity index (χ0) is 13.2. The third-order valence-electron chi connectivity index (χ3n) is 3.61. The van der Waals surface area contributed by atoms with Crippen molar-refractivity contribution < 1.29 is 0 Å². The van der Waals surface area contributed by atoms with Gasteiger partial charge in [-0.15, -0.1) is 11.3 Å². The van der Waals surface area contributed by atoms with Crippen LogP contribution in [0.25, 0.3) is 11.3 Å². The highest BCUT2D eigenvalue weighted by atomic mass is 32.1. The highest BCUT2D eigenvalue weighted by Crippen LogP contribution is 2.28. The average molecular weight is 289 g/mol. The van der Waals surface area contributed by atoms with Crippen molar-refractivity contribution in [1.82, 2.24) is 9.88 Å². The van der Waals surface area contributed by atoms with Gasteiger partial charge >= 0.3 is 0 Å². The molecule has 0 saturated carbocycles. The van der Waals surface area contributed by atoms with E-state index in [0.29, 0.717) is 0 Å². The molecule has 3 rings (SSSR count). The highest BCUT2D eigenvalue weighted by Gasteiger charge is 2.17. The van der Waals surface area contributed by atoms with Gasteiger partial charge in [0.2, 0.25) is 0 Å². The molecule has 0 radical (unpaired) electrons. The van der Waals surface area contributed by atoms with Crippen molar-refractivity contribution in [3.63, 3.8) is 0 Å². The molecule has 20 heavy (non-hydrogen) atoms. The zero-order valence-electron chi connectivity index (χ0n) is 11.5. The van der Waals surface area contributed by atoms with Gasteiger partial charge in [0, 0.05) is 37.1 Å². The van der Waals surface area contributed by atoms with Crippen LogP contribution >= 0.6 is 11.3 Å². The van der Waals surface area contributed by atoms with Crippen molar-refractivity contribution in [2.24, 2.45) is 0 Å². The van der Waals surface area contributed by atoms with Gasteiger partial charge < -0.3 is 9.80 Å². The van der Waals surface area contributed by atoms with Gasteiger partial charge in [-0.05, 0) is 14.0 Å². The fraction of sp³-hybridized carbons (Fsp3) is 0.438. The molecular formula is C16H23N3S. The van der Waals surface area contributed by atoms with Crippen LogP contribution in [0.4, 0.5) is 5.13 Å². The first-order valence-corrected chi connectivity index (χ1v) is 7.56. The number of thiazole rings is 1. The summed E-state index contributed by atoms with van der Waals surface area (Å²) in [6.45, 7) is 6.52. The molecule has 2 aromatic rings. The minimum absolute atomic E-state index is 0. The predicted octanol–water partition coefficient (Wildman–Crippen LogP) is 3.51. The van der Waals surface area contributed by atoms with Crippen LogP contribution in [-0.4, -0.2) is 43.1 Å². The van der Waals surface area contributed by atoms with E-state index in [-0.39, 0.29) is 7.43 Å². The summed E-state index contributed by atoms with van der Waals surface area (Å²) in [5, 5.41) is 3.32. The van der Waals surface area contributed by atoms with Crippen LogP contribution in [0.5, 0.6) is 0 Å². The van der Waals surface area contributed by atoms with Crippen LogP contribution < -0.4 is 4.90 Å². The van der Waals surface area contributed by atoms with Gasteiger partial charge in [0.25, 0.3) is 0 Å². The van der Waals surface area contributed by atoms with E-state index in [1.807, 2.05) is 0 Å². The van der Waals surface area contributed by atoms with E-state index in [2.05, 4.69) is 53.4 Å². The fourth-order valence-corrected chi connectivity index (χ4v) is 3.15. The molecule has 0 N–H and O–H groups in total. The summed E-state index contributed by atoms with van der Waals surface area (Å²) < 4.78 is 0. The van der Waals surface area contributed by atoms with Gasteiger partial charge in [-0.3, -0.25) is 0 Å². The minimum atomic E-state index is 0. The molecular weight excluding hydrogens is 266 g/mol. The summed E-state index contributed by atoms with van der Waals surface area (Å²) in [6, 6.07) is 8.59. The standard InChI is InChI=1S/C15H19N3S.CH4/c1-12-3-5-13(6-4-12)14-11-19-15(16-14)18-9-7-17(2)8-10-18;/h3-6,11H,7-10H2,1-2H3;1H4. The Morgan fingerprint density at radius 1 is 1.05 bits per heavy atom. The second kappa shape index (κ2) is 6.37. The van der Waals surface area contributed by atoms with Crippen molar-refractivity contribution in [3.05, 3.63) is 35.2 Å². The lowest BCUT2D eigenvalue weighted by molar-refractivity contribution is 0.313. The molecule has 1 fully saturated rings. The summed E-state index contributed by atoms with van der Waals surface area (Å²) >= 11 is 1.75. The number of nitrogens with zero attached hydrogens (tertiary/aromatic N) is 3. The van der Waals surface area contributed by atoms with Crippen LogP contribution in [-0.2, 0) is 0 Å². The quantitative estimate of drug-likeness (QED) is 0.843. The smallest absolute Gasteiger partial charge is 0.185 e. The Kier molecular flexibility index (Phi) is 4.78. The maximum Gasteiger partial charge on any atom is 0.185 e. The molecule has 0 amide bonds. The lowest BCUT2D eigenvalue weighted by Crippen LogP contribution is -2.44. The van der Waals surface area contributed by atoms with Crippen LogP contribution in [0.15, 0.2) is 29.6 Å². The zero-order valence-corrected chi connectivity index (χ0v) is 12.3. The molecule has 2 heterocycles. The molecule has 4 heteroatoms. The molecule has 108 valence electrons. The highest BCUT2D eigenvalue weighted by molar-refractivity contribution is 7.14. The lowest BCUT2D eigenvalue weighted by Gasteiger charge is -2.32. The van der Waals surface area contributed by atoms with Gasteiger partial charge in [-0.2, -0.15) is 0 Å². The summed E-state index contributed by atoms with van der Waals surface area (Å²) in [4.78, 5) is 9.54. The van der Waals surface area contributed by atoms with E-state index in [9.17, 15) is 0 Å². The number of aromatic nitrogens is 1. The van der Waals surface area contributed by atoms with E-state index < -0.39 is 0 Å². The van der Waals surface area contributed by atoms with Crippen molar-refractivity contribution in [3.8, 4) is 11.3 Å². The Balaban J connectivity index is 0.00000147. The monoisotopic (exact) mass is 289 g/mol. The van der Waals surface area contributed by atoms with Gasteiger partial charge in [-0.1, -0.05) is 37.3 Å². The second-order valence-electron chi connectivity index (χ2n) is 5.17. The summed E-state index contributed by atoms with van der Waals surface area (Å²) in [5.74, 6) is 0. The minimum Gasteiger partial charge on any atom is -0.346 e. The van der Waals surface area contributed by atoms with E-state index >= 15 is 0 Å². The van der Waals surface area contributed by atoms with Crippen LogP contribution in [0.1, 0.15) is 13.0 Å². The first kappa shape index (κ1) is 15.0. The third kappa shape index (κ3) is 3.19. The van der Waals surface area contributed by atoms with E-state index in [0.717, 1.165) is 37.0 Å². The average Bonchev–Trinajstić information content (AvgIpc) is 2.90. The van der Waals surface area contributed by atoms with Crippen molar-refractivity contribution >= 4 is 16.5 Å². The normalized spacial score (nSPS) is 16.0. The van der Waals surface area contributed by atoms with Gasteiger partial charge in [0.1, 0.15) is 0 Å². The maximum absolute atomic E-state index is 4.78. The number of aryl methyl sites for hydroxylation is 1. The third-order valence-corrected chi connectivity index (χ3v) is 4.51. The Morgan fingerprint density at radius 2 is 1.70 bits per heavy atom. The summed E-state index contributed by atoms with van der Waals surface area (Å²) in [7, 11) is 2.18. The Labute approximate surface area is 125 Å². The van der Waals surface area contributed by atoms with Gasteiger partial charge in [0.05, 0.1) is 5.69 Å². The molecule has 1 saturated heterocycles.